The van der Waals surface area contributed by atoms with E-state index in [4.69, 9.17) is 34.8 Å². The van der Waals surface area contributed by atoms with E-state index in [9.17, 15) is 10.1 Å². The predicted octanol–water partition coefficient (Wildman–Crippen LogP) is 5.93. The van der Waals surface area contributed by atoms with Gasteiger partial charge in [0.15, 0.2) is 0 Å². The Morgan fingerprint density at radius 1 is 1.14 bits per heavy atom. The Kier molecular flexibility index (Phi) is 5.32. The van der Waals surface area contributed by atoms with Crippen LogP contribution in [0, 0.1) is 10.1 Å². The Labute approximate surface area is 144 Å². The van der Waals surface area contributed by atoms with Crippen molar-refractivity contribution in [1.82, 2.24) is 0 Å². The monoisotopic (exact) mass is 408 g/mol. The van der Waals surface area contributed by atoms with Crippen LogP contribution in [0.2, 0.25) is 15.1 Å². The van der Waals surface area contributed by atoms with Crippen LogP contribution >= 0.6 is 50.7 Å². The summed E-state index contributed by atoms with van der Waals surface area (Å²) in [6, 6.07) is 7.99. The van der Waals surface area contributed by atoms with Crippen LogP contribution in [0.25, 0.3) is 0 Å². The van der Waals surface area contributed by atoms with Gasteiger partial charge in [-0.05, 0) is 34.1 Å². The molecule has 0 saturated heterocycles. The largest absolute Gasteiger partial charge is 0.379 e. The SMILES string of the molecule is O=[N+]([O-])c1cccc(Cl)c1CNc1ccc(Br)c(Cl)c1Cl. The first-order valence-corrected chi connectivity index (χ1v) is 7.63. The number of hydrogen-bond donors (Lipinski definition) is 1. The third kappa shape index (κ3) is 3.61. The Hall–Kier alpha value is -1.01. The molecule has 0 spiro atoms. The molecule has 0 bridgehead atoms. The van der Waals surface area contributed by atoms with E-state index in [0.717, 1.165) is 0 Å². The molecule has 2 aromatic carbocycles. The van der Waals surface area contributed by atoms with Crippen molar-refractivity contribution in [3.05, 3.63) is 65.6 Å². The normalized spacial score (nSPS) is 10.5. The molecule has 21 heavy (non-hydrogen) atoms. The van der Waals surface area contributed by atoms with E-state index in [0.29, 0.717) is 30.8 Å². The van der Waals surface area contributed by atoms with Crippen molar-refractivity contribution in [3.8, 4) is 0 Å². The van der Waals surface area contributed by atoms with Crippen LogP contribution < -0.4 is 5.32 Å². The van der Waals surface area contributed by atoms with Crippen LogP contribution in [0.1, 0.15) is 5.56 Å². The third-order valence-electron chi connectivity index (χ3n) is 2.78. The van der Waals surface area contributed by atoms with Gasteiger partial charge >= 0.3 is 0 Å². The van der Waals surface area contributed by atoms with E-state index in [2.05, 4.69) is 21.2 Å². The maximum Gasteiger partial charge on any atom is 0.275 e. The molecular formula is C13H8BrCl3N2O2. The zero-order chi connectivity index (χ0) is 15.6. The zero-order valence-corrected chi connectivity index (χ0v) is 14.2. The van der Waals surface area contributed by atoms with Gasteiger partial charge in [0.2, 0.25) is 0 Å². The molecule has 0 saturated carbocycles. The molecule has 0 aliphatic carbocycles. The van der Waals surface area contributed by atoms with E-state index in [-0.39, 0.29) is 12.2 Å². The fourth-order valence-electron chi connectivity index (χ4n) is 1.74. The summed E-state index contributed by atoms with van der Waals surface area (Å²) < 4.78 is 0.670. The standard InChI is InChI=1S/C13H8BrCl3N2O2/c14-8-4-5-10(13(17)12(8)16)18-6-7-9(15)2-1-3-11(7)19(20)21/h1-5,18H,6H2. The van der Waals surface area contributed by atoms with Gasteiger partial charge in [-0.3, -0.25) is 10.1 Å². The van der Waals surface area contributed by atoms with Gasteiger partial charge in [0, 0.05) is 17.1 Å². The van der Waals surface area contributed by atoms with Gasteiger partial charge in [-0.2, -0.15) is 0 Å². The van der Waals surface area contributed by atoms with E-state index in [1.54, 1.807) is 18.2 Å². The average molecular weight is 410 g/mol. The lowest BCUT2D eigenvalue weighted by Crippen LogP contribution is -2.04. The van der Waals surface area contributed by atoms with Crippen LogP contribution in [-0.4, -0.2) is 4.92 Å². The summed E-state index contributed by atoms with van der Waals surface area (Å²) in [4.78, 5) is 10.5. The molecule has 0 radical (unpaired) electrons. The number of nitrogens with zero attached hydrogens (tertiary/aromatic N) is 1. The first kappa shape index (κ1) is 16.4. The Bertz CT molecular complexity index is 710. The Balaban J connectivity index is 2.29. The molecule has 1 N–H and O–H groups in total. The van der Waals surface area contributed by atoms with Gasteiger partial charge < -0.3 is 5.32 Å². The first-order chi connectivity index (χ1) is 9.91. The lowest BCUT2D eigenvalue weighted by Gasteiger charge is -2.11. The summed E-state index contributed by atoms with van der Waals surface area (Å²) in [7, 11) is 0. The predicted molar refractivity (Wildman–Crippen MR) is 89.6 cm³/mol. The summed E-state index contributed by atoms with van der Waals surface area (Å²) in [6.45, 7) is 0.160. The van der Waals surface area contributed by atoms with Gasteiger partial charge in [0.25, 0.3) is 5.69 Å². The van der Waals surface area contributed by atoms with E-state index in [1.165, 1.54) is 12.1 Å². The molecule has 0 aromatic heterocycles. The number of nitrogens with one attached hydrogen (secondary N) is 1. The molecule has 0 aliphatic rings. The number of rotatable bonds is 4. The molecule has 0 heterocycles. The number of benzene rings is 2. The molecule has 0 amide bonds. The van der Waals surface area contributed by atoms with E-state index < -0.39 is 4.92 Å². The number of nitro benzene ring substituents is 1. The zero-order valence-electron chi connectivity index (χ0n) is 10.4. The molecule has 0 fully saturated rings. The molecule has 8 heteroatoms. The minimum absolute atomic E-state index is 0.0469. The molecule has 2 rings (SSSR count). The van der Waals surface area contributed by atoms with Crippen molar-refractivity contribution in [1.29, 1.82) is 0 Å². The highest BCUT2D eigenvalue weighted by molar-refractivity contribution is 9.10. The average Bonchev–Trinajstić information content (AvgIpc) is 2.45. The molecule has 4 nitrogen and oxygen atoms in total. The molecule has 0 unspecified atom stereocenters. The number of anilines is 1. The highest BCUT2D eigenvalue weighted by Crippen LogP contribution is 2.36. The van der Waals surface area contributed by atoms with E-state index >= 15 is 0 Å². The maximum absolute atomic E-state index is 11.0. The van der Waals surface area contributed by atoms with Crippen LogP contribution in [0.15, 0.2) is 34.8 Å². The summed E-state index contributed by atoms with van der Waals surface area (Å²) >= 11 is 21.4. The second-order valence-corrected chi connectivity index (χ2v) is 6.09. The smallest absolute Gasteiger partial charge is 0.275 e. The molecule has 0 atom stereocenters. The van der Waals surface area contributed by atoms with Gasteiger partial charge in [-0.15, -0.1) is 0 Å². The molecule has 2 aromatic rings. The van der Waals surface area contributed by atoms with E-state index in [1.807, 2.05) is 0 Å². The van der Waals surface area contributed by atoms with Crippen molar-refractivity contribution < 1.29 is 4.92 Å². The Morgan fingerprint density at radius 3 is 2.52 bits per heavy atom. The van der Waals surface area contributed by atoms with Gasteiger partial charge in [0.05, 0.1) is 31.2 Å². The van der Waals surface area contributed by atoms with Gasteiger partial charge in [0.1, 0.15) is 0 Å². The summed E-state index contributed by atoms with van der Waals surface area (Å²) in [5.74, 6) is 0. The fourth-order valence-corrected chi connectivity index (χ4v) is 2.82. The minimum atomic E-state index is -0.473. The molecule has 0 aliphatic heterocycles. The minimum Gasteiger partial charge on any atom is -0.379 e. The lowest BCUT2D eigenvalue weighted by atomic mass is 10.1. The van der Waals surface area contributed by atoms with Crippen molar-refractivity contribution in [2.75, 3.05) is 5.32 Å². The highest BCUT2D eigenvalue weighted by atomic mass is 79.9. The van der Waals surface area contributed by atoms with Gasteiger partial charge in [-0.25, -0.2) is 0 Å². The second-order valence-electron chi connectivity index (χ2n) is 4.07. The van der Waals surface area contributed by atoms with Crippen molar-refractivity contribution in [3.63, 3.8) is 0 Å². The van der Waals surface area contributed by atoms with Gasteiger partial charge in [-0.1, -0.05) is 40.9 Å². The lowest BCUT2D eigenvalue weighted by molar-refractivity contribution is -0.385. The number of halogens is 4. The second kappa shape index (κ2) is 6.83. The van der Waals surface area contributed by atoms with Crippen LogP contribution in [-0.2, 0) is 6.54 Å². The fraction of sp³-hybridized carbons (Fsp3) is 0.0769. The third-order valence-corrected chi connectivity index (χ3v) is 4.91. The number of nitro groups is 1. The summed E-state index contributed by atoms with van der Waals surface area (Å²) in [5.41, 5.74) is 0.910. The van der Waals surface area contributed by atoms with Crippen LogP contribution in [0.5, 0.6) is 0 Å². The summed E-state index contributed by atoms with van der Waals surface area (Å²) in [6.07, 6.45) is 0. The quantitative estimate of drug-likeness (QED) is 0.386. The van der Waals surface area contributed by atoms with Crippen LogP contribution in [0.3, 0.4) is 0 Å². The van der Waals surface area contributed by atoms with Crippen molar-refractivity contribution in [2.24, 2.45) is 0 Å². The topological polar surface area (TPSA) is 55.2 Å². The number of hydrogen-bond acceptors (Lipinski definition) is 3. The molecular weight excluding hydrogens is 402 g/mol. The highest BCUT2D eigenvalue weighted by Gasteiger charge is 2.17. The van der Waals surface area contributed by atoms with Crippen LogP contribution in [0.4, 0.5) is 11.4 Å². The summed E-state index contributed by atoms with van der Waals surface area (Å²) in [5, 5.41) is 15.0. The molecule has 110 valence electrons. The van der Waals surface area contributed by atoms with Crippen molar-refractivity contribution in [2.45, 2.75) is 6.54 Å². The van der Waals surface area contributed by atoms with Crippen molar-refractivity contribution >= 4 is 62.1 Å². The maximum atomic E-state index is 11.0. The Morgan fingerprint density at radius 2 is 1.86 bits per heavy atom. The first-order valence-electron chi connectivity index (χ1n) is 5.71.